The zero-order chi connectivity index (χ0) is 12.4. The quantitative estimate of drug-likeness (QED) is 0.940. The highest BCUT2D eigenvalue weighted by atomic mass is 79.9. The highest BCUT2D eigenvalue weighted by Crippen LogP contribution is 2.28. The van der Waals surface area contributed by atoms with Crippen molar-refractivity contribution in [2.75, 3.05) is 5.73 Å². The molecule has 0 aliphatic rings. The minimum Gasteiger partial charge on any atom is -0.384 e. The van der Waals surface area contributed by atoms with Crippen molar-refractivity contribution in [3.8, 4) is 11.3 Å². The van der Waals surface area contributed by atoms with Crippen LogP contribution in [0.25, 0.3) is 11.3 Å². The van der Waals surface area contributed by atoms with Gasteiger partial charge in [-0.05, 0) is 12.0 Å². The van der Waals surface area contributed by atoms with Crippen LogP contribution in [0.4, 0.5) is 5.82 Å². The van der Waals surface area contributed by atoms with Gasteiger partial charge in [-0.2, -0.15) is 5.10 Å². The summed E-state index contributed by atoms with van der Waals surface area (Å²) in [6, 6.07) is 9.95. The van der Waals surface area contributed by atoms with E-state index in [1.54, 1.807) is 0 Å². The van der Waals surface area contributed by atoms with Gasteiger partial charge in [-0.25, -0.2) is 4.68 Å². The van der Waals surface area contributed by atoms with Gasteiger partial charge in [0.2, 0.25) is 0 Å². The molecule has 2 aromatic rings. The molecular weight excluding hydrogens is 278 g/mol. The van der Waals surface area contributed by atoms with Crippen molar-refractivity contribution in [2.24, 2.45) is 5.92 Å². The summed E-state index contributed by atoms with van der Waals surface area (Å²) < 4.78 is 2.90. The molecule has 0 saturated carbocycles. The number of hydrogen-bond acceptors (Lipinski definition) is 2. The molecule has 0 amide bonds. The van der Waals surface area contributed by atoms with Crippen molar-refractivity contribution in [1.29, 1.82) is 0 Å². The lowest BCUT2D eigenvalue weighted by Crippen LogP contribution is -2.09. The lowest BCUT2D eigenvalue weighted by atomic mass is 10.1. The first-order valence-corrected chi connectivity index (χ1v) is 6.45. The molecule has 4 heteroatoms. The molecule has 0 unspecified atom stereocenters. The number of hydrogen-bond donors (Lipinski definition) is 1. The highest BCUT2D eigenvalue weighted by Gasteiger charge is 2.10. The number of halogens is 1. The molecule has 1 heterocycles. The zero-order valence-corrected chi connectivity index (χ0v) is 11.6. The average molecular weight is 294 g/mol. The Kier molecular flexibility index (Phi) is 3.52. The summed E-state index contributed by atoms with van der Waals surface area (Å²) in [5.74, 6) is 1.24. The molecule has 0 saturated heterocycles. The van der Waals surface area contributed by atoms with Gasteiger partial charge in [0.05, 0.1) is 5.69 Å². The number of anilines is 1. The SMILES string of the molecule is CC(C)Cn1nc(-c2ccccc2Br)cc1N. The first-order valence-electron chi connectivity index (χ1n) is 5.66. The van der Waals surface area contributed by atoms with Crippen molar-refractivity contribution in [2.45, 2.75) is 20.4 Å². The predicted octanol–water partition coefficient (Wildman–Crippen LogP) is 3.55. The Morgan fingerprint density at radius 3 is 2.71 bits per heavy atom. The van der Waals surface area contributed by atoms with Crippen LogP contribution in [0.3, 0.4) is 0 Å². The summed E-state index contributed by atoms with van der Waals surface area (Å²) in [4.78, 5) is 0. The molecule has 1 aromatic carbocycles. The van der Waals surface area contributed by atoms with Crippen molar-refractivity contribution in [3.63, 3.8) is 0 Å². The summed E-state index contributed by atoms with van der Waals surface area (Å²) in [5.41, 5.74) is 7.95. The van der Waals surface area contributed by atoms with Crippen LogP contribution in [-0.2, 0) is 6.54 Å². The van der Waals surface area contributed by atoms with E-state index in [4.69, 9.17) is 5.73 Å². The smallest absolute Gasteiger partial charge is 0.122 e. The van der Waals surface area contributed by atoms with E-state index in [-0.39, 0.29) is 0 Å². The normalized spacial score (nSPS) is 11.1. The molecule has 0 spiro atoms. The van der Waals surface area contributed by atoms with Crippen molar-refractivity contribution in [3.05, 3.63) is 34.8 Å². The maximum atomic E-state index is 5.96. The summed E-state index contributed by atoms with van der Waals surface area (Å²) in [7, 11) is 0. The lowest BCUT2D eigenvalue weighted by molar-refractivity contribution is 0.489. The van der Waals surface area contributed by atoms with Crippen LogP contribution in [0.15, 0.2) is 34.8 Å². The molecule has 90 valence electrons. The fraction of sp³-hybridized carbons (Fsp3) is 0.308. The van der Waals surface area contributed by atoms with Gasteiger partial charge < -0.3 is 5.73 Å². The van der Waals surface area contributed by atoms with E-state index in [0.717, 1.165) is 22.3 Å². The molecule has 0 bridgehead atoms. The average Bonchev–Trinajstić information content (AvgIpc) is 2.60. The molecule has 0 aliphatic carbocycles. The second-order valence-electron chi connectivity index (χ2n) is 4.51. The first-order chi connectivity index (χ1) is 8.08. The van der Waals surface area contributed by atoms with Crippen LogP contribution in [0, 0.1) is 5.92 Å². The Morgan fingerprint density at radius 1 is 1.35 bits per heavy atom. The van der Waals surface area contributed by atoms with E-state index in [0.29, 0.717) is 11.7 Å². The van der Waals surface area contributed by atoms with Gasteiger partial charge in [0.15, 0.2) is 0 Å². The van der Waals surface area contributed by atoms with Crippen LogP contribution in [0.5, 0.6) is 0 Å². The molecule has 0 fully saturated rings. The maximum absolute atomic E-state index is 5.96. The minimum absolute atomic E-state index is 0.532. The van der Waals surface area contributed by atoms with Crippen LogP contribution in [0.1, 0.15) is 13.8 Å². The summed E-state index contributed by atoms with van der Waals surface area (Å²) in [6.07, 6.45) is 0. The number of nitrogen functional groups attached to an aromatic ring is 1. The molecule has 3 nitrogen and oxygen atoms in total. The molecule has 17 heavy (non-hydrogen) atoms. The maximum Gasteiger partial charge on any atom is 0.122 e. The third kappa shape index (κ3) is 2.69. The monoisotopic (exact) mass is 293 g/mol. The minimum atomic E-state index is 0.532. The van der Waals surface area contributed by atoms with Gasteiger partial charge in [0.1, 0.15) is 5.82 Å². The summed E-state index contributed by atoms with van der Waals surface area (Å²) >= 11 is 3.53. The van der Waals surface area contributed by atoms with Crippen LogP contribution >= 0.6 is 15.9 Å². The van der Waals surface area contributed by atoms with Gasteiger partial charge in [-0.1, -0.05) is 48.0 Å². The van der Waals surface area contributed by atoms with Gasteiger partial charge in [0, 0.05) is 22.6 Å². The number of nitrogens with two attached hydrogens (primary N) is 1. The topological polar surface area (TPSA) is 43.8 Å². The Morgan fingerprint density at radius 2 is 2.06 bits per heavy atom. The second kappa shape index (κ2) is 4.92. The molecule has 0 atom stereocenters. The summed E-state index contributed by atoms with van der Waals surface area (Å²) in [6.45, 7) is 5.15. The number of rotatable bonds is 3. The van der Waals surface area contributed by atoms with E-state index in [1.807, 2.05) is 35.0 Å². The van der Waals surface area contributed by atoms with E-state index in [2.05, 4.69) is 34.9 Å². The first kappa shape index (κ1) is 12.2. The van der Waals surface area contributed by atoms with Crippen molar-refractivity contribution >= 4 is 21.7 Å². The molecule has 2 rings (SSSR count). The number of benzene rings is 1. The fourth-order valence-electron chi connectivity index (χ4n) is 1.72. The highest BCUT2D eigenvalue weighted by molar-refractivity contribution is 9.10. The Labute approximate surface area is 110 Å². The standard InChI is InChI=1S/C13H16BrN3/c1-9(2)8-17-13(15)7-12(16-17)10-5-3-4-6-11(10)14/h3-7,9H,8,15H2,1-2H3. The Bertz CT molecular complexity index is 517. The number of aromatic nitrogens is 2. The van der Waals surface area contributed by atoms with Gasteiger partial charge in [0.25, 0.3) is 0 Å². The van der Waals surface area contributed by atoms with Crippen molar-refractivity contribution in [1.82, 2.24) is 9.78 Å². The number of nitrogens with zero attached hydrogens (tertiary/aromatic N) is 2. The van der Waals surface area contributed by atoms with Gasteiger partial charge in [-0.3, -0.25) is 0 Å². The fourth-order valence-corrected chi connectivity index (χ4v) is 2.21. The predicted molar refractivity (Wildman–Crippen MR) is 74.6 cm³/mol. The van der Waals surface area contributed by atoms with E-state index in [9.17, 15) is 0 Å². The van der Waals surface area contributed by atoms with Gasteiger partial charge in [-0.15, -0.1) is 0 Å². The largest absolute Gasteiger partial charge is 0.384 e. The van der Waals surface area contributed by atoms with E-state index >= 15 is 0 Å². The van der Waals surface area contributed by atoms with E-state index in [1.165, 1.54) is 0 Å². The third-order valence-electron chi connectivity index (χ3n) is 2.50. The third-order valence-corrected chi connectivity index (χ3v) is 3.19. The molecule has 0 radical (unpaired) electrons. The molecular formula is C13H16BrN3. The molecule has 0 aliphatic heterocycles. The lowest BCUT2D eigenvalue weighted by Gasteiger charge is -2.06. The van der Waals surface area contributed by atoms with Crippen molar-refractivity contribution < 1.29 is 0 Å². The van der Waals surface area contributed by atoms with Gasteiger partial charge >= 0.3 is 0 Å². The van der Waals surface area contributed by atoms with E-state index < -0.39 is 0 Å². The zero-order valence-electron chi connectivity index (χ0n) is 10.0. The van der Waals surface area contributed by atoms with Crippen LogP contribution < -0.4 is 5.73 Å². The van der Waals surface area contributed by atoms with Crippen LogP contribution in [-0.4, -0.2) is 9.78 Å². The van der Waals surface area contributed by atoms with Crippen LogP contribution in [0.2, 0.25) is 0 Å². The molecule has 2 N–H and O–H groups in total. The molecule has 1 aromatic heterocycles. The second-order valence-corrected chi connectivity index (χ2v) is 5.36. The Hall–Kier alpha value is -1.29. The summed E-state index contributed by atoms with van der Waals surface area (Å²) in [5, 5.41) is 4.54. The Balaban J connectivity index is 2.38.